The first-order chi connectivity index (χ1) is 28.3. The molecule has 2 heteroatoms. The van der Waals surface area contributed by atoms with E-state index in [0.717, 1.165) is 39.0 Å². The van der Waals surface area contributed by atoms with E-state index in [2.05, 4.69) is 218 Å². The van der Waals surface area contributed by atoms with Crippen LogP contribution in [0.1, 0.15) is 77.6 Å². The van der Waals surface area contributed by atoms with Gasteiger partial charge in [0.25, 0.3) is 0 Å². The molecule has 0 bridgehead atoms. The van der Waals surface area contributed by atoms with Crippen molar-refractivity contribution in [3.05, 3.63) is 186 Å². The van der Waals surface area contributed by atoms with E-state index in [-0.39, 0.29) is 16.2 Å². The van der Waals surface area contributed by atoms with Gasteiger partial charge in [0, 0.05) is 33.1 Å². The SMILES string of the molecule is CC(C)(C)c1cc(C(C)(C)C)c2c(c1)C(C)(C)c1cccc(-c3ccccc3N(c3cccc(-c4cccc5ccccc45)c3)c3ccc4oc5ccccc5c4c3)c1-2. The highest BCUT2D eigenvalue weighted by Crippen LogP contribution is 2.57. The number of fused-ring (bicyclic) bond motifs is 7. The lowest BCUT2D eigenvalue weighted by molar-refractivity contribution is 0.564. The van der Waals surface area contributed by atoms with Crippen LogP contribution in [0.2, 0.25) is 0 Å². The zero-order valence-corrected chi connectivity index (χ0v) is 35.4. The summed E-state index contributed by atoms with van der Waals surface area (Å²) in [6.07, 6.45) is 0. The maximum Gasteiger partial charge on any atom is 0.135 e. The second-order valence-electron chi connectivity index (χ2n) is 19.0. The molecule has 0 N–H and O–H groups in total. The number of benzene rings is 8. The standard InChI is InChI=1S/C57H51NO/c1-55(2,3)38-33-48(56(4,5)6)54-49(34-38)57(7,8)47-27-17-26-45(53(47)54)43-23-11-13-28-50(43)58(40-30-31-52-46(35-40)44-24-12-14-29-51(44)59-52)39-21-15-20-37(32-39)42-25-16-19-36-18-9-10-22-41(36)42/h9-35H,1-8H3. The van der Waals surface area contributed by atoms with E-state index in [9.17, 15) is 0 Å². The van der Waals surface area contributed by atoms with Crippen LogP contribution < -0.4 is 4.90 Å². The summed E-state index contributed by atoms with van der Waals surface area (Å²) in [5.74, 6) is 0. The molecule has 0 fully saturated rings. The lowest BCUT2D eigenvalue weighted by atomic mass is 9.74. The number of hydrogen-bond donors (Lipinski definition) is 0. The Labute approximate surface area is 348 Å². The van der Waals surface area contributed by atoms with Crippen LogP contribution >= 0.6 is 0 Å². The molecule has 8 aromatic carbocycles. The molecular formula is C57H51NO. The van der Waals surface area contributed by atoms with Crippen molar-refractivity contribution >= 4 is 49.8 Å². The molecule has 0 radical (unpaired) electrons. The first-order valence-corrected chi connectivity index (χ1v) is 21.0. The normalized spacial score (nSPS) is 13.6. The van der Waals surface area contributed by atoms with Crippen molar-refractivity contribution in [2.24, 2.45) is 0 Å². The number of furan rings is 1. The smallest absolute Gasteiger partial charge is 0.135 e. The third kappa shape index (κ3) is 5.99. The molecule has 2 nitrogen and oxygen atoms in total. The number of rotatable bonds is 5. The average molecular weight is 766 g/mol. The highest BCUT2D eigenvalue weighted by atomic mass is 16.3. The number of anilines is 3. The van der Waals surface area contributed by atoms with Gasteiger partial charge in [0.05, 0.1) is 5.69 Å². The van der Waals surface area contributed by atoms with Gasteiger partial charge in [-0.05, 0) is 114 Å². The van der Waals surface area contributed by atoms with Crippen molar-refractivity contribution < 1.29 is 4.42 Å². The third-order valence-electron chi connectivity index (χ3n) is 12.7. The molecule has 290 valence electrons. The van der Waals surface area contributed by atoms with Crippen LogP contribution in [-0.4, -0.2) is 0 Å². The molecule has 0 unspecified atom stereocenters. The average Bonchev–Trinajstić information content (AvgIpc) is 3.71. The van der Waals surface area contributed by atoms with E-state index in [1.54, 1.807) is 0 Å². The van der Waals surface area contributed by atoms with Gasteiger partial charge >= 0.3 is 0 Å². The highest BCUT2D eigenvalue weighted by Gasteiger charge is 2.41. The van der Waals surface area contributed by atoms with Gasteiger partial charge in [0.15, 0.2) is 0 Å². The van der Waals surface area contributed by atoms with Crippen molar-refractivity contribution in [2.75, 3.05) is 4.90 Å². The summed E-state index contributed by atoms with van der Waals surface area (Å²) < 4.78 is 6.36. The van der Waals surface area contributed by atoms with Crippen LogP contribution in [0.4, 0.5) is 17.1 Å². The summed E-state index contributed by atoms with van der Waals surface area (Å²) in [6.45, 7) is 19.0. The van der Waals surface area contributed by atoms with Crippen molar-refractivity contribution in [1.82, 2.24) is 0 Å². The zero-order valence-electron chi connectivity index (χ0n) is 35.4. The van der Waals surface area contributed by atoms with E-state index in [0.29, 0.717) is 0 Å². The van der Waals surface area contributed by atoms with E-state index >= 15 is 0 Å². The molecule has 0 saturated heterocycles. The molecule has 1 aliphatic rings. The summed E-state index contributed by atoms with van der Waals surface area (Å²) in [6, 6.07) is 60.4. The van der Waals surface area contributed by atoms with Crippen molar-refractivity contribution in [1.29, 1.82) is 0 Å². The minimum Gasteiger partial charge on any atom is -0.456 e. The van der Waals surface area contributed by atoms with Gasteiger partial charge in [-0.1, -0.05) is 177 Å². The molecule has 0 aliphatic heterocycles. The van der Waals surface area contributed by atoms with Crippen LogP contribution in [0, 0.1) is 0 Å². The molecule has 0 amide bonds. The summed E-state index contributed by atoms with van der Waals surface area (Å²) in [5, 5.41) is 4.70. The number of nitrogens with zero attached hydrogens (tertiary/aromatic N) is 1. The Hall–Kier alpha value is -6.38. The maximum atomic E-state index is 6.36. The van der Waals surface area contributed by atoms with Crippen molar-refractivity contribution in [2.45, 2.75) is 71.6 Å². The summed E-state index contributed by atoms with van der Waals surface area (Å²) >= 11 is 0. The summed E-state index contributed by atoms with van der Waals surface area (Å²) in [4.78, 5) is 2.46. The maximum absolute atomic E-state index is 6.36. The van der Waals surface area contributed by atoms with Crippen LogP contribution in [0.3, 0.4) is 0 Å². The Morgan fingerprint density at radius 1 is 0.458 bits per heavy atom. The second-order valence-corrected chi connectivity index (χ2v) is 19.0. The molecule has 0 atom stereocenters. The second kappa shape index (κ2) is 13.3. The molecule has 10 rings (SSSR count). The molecule has 0 spiro atoms. The zero-order chi connectivity index (χ0) is 40.8. The van der Waals surface area contributed by atoms with E-state index < -0.39 is 0 Å². The molecule has 1 aliphatic carbocycles. The minimum atomic E-state index is -0.170. The fraction of sp³-hybridized carbons (Fsp3) is 0.193. The van der Waals surface area contributed by atoms with E-state index in [1.165, 1.54) is 66.4 Å². The molecule has 59 heavy (non-hydrogen) atoms. The molecule has 9 aromatic rings. The predicted molar refractivity (Wildman–Crippen MR) is 252 cm³/mol. The van der Waals surface area contributed by atoms with Gasteiger partial charge < -0.3 is 9.32 Å². The third-order valence-corrected chi connectivity index (χ3v) is 12.7. The molecule has 0 saturated carbocycles. The number of para-hydroxylation sites is 2. The Morgan fingerprint density at radius 2 is 1.10 bits per heavy atom. The largest absolute Gasteiger partial charge is 0.456 e. The first-order valence-electron chi connectivity index (χ1n) is 21.0. The number of hydrogen-bond acceptors (Lipinski definition) is 2. The van der Waals surface area contributed by atoms with Crippen LogP contribution in [0.5, 0.6) is 0 Å². The molecule has 1 aromatic heterocycles. The Balaban J connectivity index is 1.24. The van der Waals surface area contributed by atoms with Crippen LogP contribution in [-0.2, 0) is 16.2 Å². The Morgan fingerprint density at radius 3 is 1.92 bits per heavy atom. The quantitative estimate of drug-likeness (QED) is 0.173. The van der Waals surface area contributed by atoms with E-state index in [1.807, 2.05) is 6.07 Å². The van der Waals surface area contributed by atoms with Gasteiger partial charge in [0.2, 0.25) is 0 Å². The predicted octanol–water partition coefficient (Wildman–Crippen LogP) is 16.4. The monoisotopic (exact) mass is 765 g/mol. The topological polar surface area (TPSA) is 16.4 Å². The first kappa shape index (κ1) is 36.9. The van der Waals surface area contributed by atoms with Gasteiger partial charge in [-0.3, -0.25) is 0 Å². The summed E-state index contributed by atoms with van der Waals surface area (Å²) in [7, 11) is 0. The van der Waals surface area contributed by atoms with Gasteiger partial charge in [-0.2, -0.15) is 0 Å². The van der Waals surface area contributed by atoms with Gasteiger partial charge in [0.1, 0.15) is 11.2 Å². The fourth-order valence-electron chi connectivity index (χ4n) is 9.61. The lowest BCUT2D eigenvalue weighted by Gasteiger charge is -2.31. The van der Waals surface area contributed by atoms with Crippen LogP contribution in [0.15, 0.2) is 168 Å². The fourth-order valence-corrected chi connectivity index (χ4v) is 9.61. The highest BCUT2D eigenvalue weighted by molar-refractivity contribution is 6.07. The summed E-state index contributed by atoms with van der Waals surface area (Å²) in [5.41, 5.74) is 18.1. The van der Waals surface area contributed by atoms with Crippen molar-refractivity contribution in [3.8, 4) is 33.4 Å². The molecule has 1 heterocycles. The van der Waals surface area contributed by atoms with Crippen molar-refractivity contribution in [3.63, 3.8) is 0 Å². The minimum absolute atomic E-state index is 0.0256. The Bertz CT molecular complexity index is 3100. The van der Waals surface area contributed by atoms with Gasteiger partial charge in [-0.15, -0.1) is 0 Å². The van der Waals surface area contributed by atoms with Crippen LogP contribution in [0.25, 0.3) is 66.1 Å². The molecular weight excluding hydrogens is 715 g/mol. The van der Waals surface area contributed by atoms with E-state index in [4.69, 9.17) is 4.42 Å². The lowest BCUT2D eigenvalue weighted by Crippen LogP contribution is -2.21. The Kier molecular flexibility index (Phi) is 8.34. The van der Waals surface area contributed by atoms with Gasteiger partial charge in [-0.25, -0.2) is 0 Å².